The standard InChI is InChI=1S/C15H22N2O/c1-10(16-2)14-6-5-13(8-15(14)18)17-9-11-3-4-12(17)7-11/h5-6,8,10-12,16,18H,3-4,7,9H2,1-2H3. The van der Waals surface area contributed by atoms with Crippen LogP contribution in [0.4, 0.5) is 5.69 Å². The molecule has 3 heteroatoms. The van der Waals surface area contributed by atoms with Crippen molar-refractivity contribution in [1.82, 2.24) is 5.32 Å². The molecule has 1 heterocycles. The molecular weight excluding hydrogens is 224 g/mol. The predicted octanol–water partition coefficient (Wildman–Crippen LogP) is 2.66. The summed E-state index contributed by atoms with van der Waals surface area (Å²) in [4.78, 5) is 2.47. The van der Waals surface area contributed by atoms with Gasteiger partial charge in [0.15, 0.2) is 0 Å². The fourth-order valence-electron chi connectivity index (χ4n) is 3.47. The largest absolute Gasteiger partial charge is 0.508 e. The van der Waals surface area contributed by atoms with Crippen LogP contribution in [0.25, 0.3) is 0 Å². The topological polar surface area (TPSA) is 35.5 Å². The first kappa shape index (κ1) is 11.8. The molecule has 1 saturated carbocycles. The van der Waals surface area contributed by atoms with Gasteiger partial charge in [-0.25, -0.2) is 0 Å². The molecule has 2 bridgehead atoms. The second-order valence-electron chi connectivity index (χ2n) is 5.74. The second-order valence-corrected chi connectivity index (χ2v) is 5.74. The molecule has 3 nitrogen and oxygen atoms in total. The number of anilines is 1. The molecule has 2 N–H and O–H groups in total. The van der Waals surface area contributed by atoms with E-state index in [0.717, 1.165) is 11.5 Å². The molecule has 3 atom stereocenters. The highest BCUT2D eigenvalue weighted by Gasteiger charge is 2.37. The first-order chi connectivity index (χ1) is 8.69. The Morgan fingerprint density at radius 2 is 2.22 bits per heavy atom. The minimum atomic E-state index is 0.189. The monoisotopic (exact) mass is 246 g/mol. The molecular formula is C15H22N2O. The average molecular weight is 246 g/mol. The van der Waals surface area contributed by atoms with E-state index < -0.39 is 0 Å². The first-order valence-corrected chi connectivity index (χ1v) is 6.96. The van der Waals surface area contributed by atoms with Crippen LogP contribution < -0.4 is 10.2 Å². The van der Waals surface area contributed by atoms with Crippen LogP contribution in [0.15, 0.2) is 18.2 Å². The molecule has 0 aromatic heterocycles. The van der Waals surface area contributed by atoms with E-state index in [1.54, 1.807) is 0 Å². The molecule has 1 aliphatic heterocycles. The lowest BCUT2D eigenvalue weighted by Crippen LogP contribution is -2.31. The Morgan fingerprint density at radius 3 is 2.78 bits per heavy atom. The van der Waals surface area contributed by atoms with E-state index in [1.807, 2.05) is 13.1 Å². The van der Waals surface area contributed by atoms with Crippen LogP contribution in [0.3, 0.4) is 0 Å². The Bertz CT molecular complexity index is 446. The first-order valence-electron chi connectivity index (χ1n) is 6.96. The van der Waals surface area contributed by atoms with Crippen molar-refractivity contribution < 1.29 is 5.11 Å². The van der Waals surface area contributed by atoms with Gasteiger partial charge in [-0.15, -0.1) is 0 Å². The molecule has 0 amide bonds. The molecule has 98 valence electrons. The highest BCUT2D eigenvalue weighted by atomic mass is 16.3. The van der Waals surface area contributed by atoms with Crippen LogP contribution in [0.1, 0.15) is 37.8 Å². The summed E-state index contributed by atoms with van der Waals surface area (Å²) in [6.45, 7) is 3.23. The SMILES string of the molecule is CNC(C)c1ccc(N2CC3CCC2C3)cc1O. The number of aromatic hydroxyl groups is 1. The smallest absolute Gasteiger partial charge is 0.122 e. The average Bonchev–Trinajstić information content (AvgIpc) is 3.00. The van der Waals surface area contributed by atoms with Crippen LogP contribution in [-0.4, -0.2) is 24.7 Å². The Morgan fingerprint density at radius 1 is 1.39 bits per heavy atom. The Labute approximate surface area is 109 Å². The predicted molar refractivity (Wildman–Crippen MR) is 74.1 cm³/mol. The van der Waals surface area contributed by atoms with Crippen molar-refractivity contribution in [3.63, 3.8) is 0 Å². The van der Waals surface area contributed by atoms with Crippen molar-refractivity contribution in [1.29, 1.82) is 0 Å². The molecule has 3 rings (SSSR count). The van der Waals surface area contributed by atoms with E-state index >= 15 is 0 Å². The van der Waals surface area contributed by atoms with Gasteiger partial charge in [0.1, 0.15) is 5.75 Å². The number of fused-ring (bicyclic) bond motifs is 2. The van der Waals surface area contributed by atoms with Gasteiger partial charge in [-0.3, -0.25) is 0 Å². The summed E-state index contributed by atoms with van der Waals surface area (Å²) in [7, 11) is 1.91. The number of nitrogens with zero attached hydrogens (tertiary/aromatic N) is 1. The molecule has 1 aromatic rings. The zero-order chi connectivity index (χ0) is 12.7. The lowest BCUT2D eigenvalue weighted by Gasteiger charge is -2.29. The van der Waals surface area contributed by atoms with Gasteiger partial charge in [-0.1, -0.05) is 6.07 Å². The molecule has 1 aromatic carbocycles. The fourth-order valence-corrected chi connectivity index (χ4v) is 3.47. The maximum Gasteiger partial charge on any atom is 0.122 e. The molecule has 0 radical (unpaired) electrons. The van der Waals surface area contributed by atoms with E-state index in [4.69, 9.17) is 0 Å². The van der Waals surface area contributed by atoms with Gasteiger partial charge in [-0.05, 0) is 45.2 Å². The summed E-state index contributed by atoms with van der Waals surface area (Å²) in [5, 5.41) is 13.3. The third-order valence-electron chi connectivity index (χ3n) is 4.65. The number of hydrogen-bond donors (Lipinski definition) is 2. The summed E-state index contributed by atoms with van der Waals surface area (Å²) < 4.78 is 0. The van der Waals surface area contributed by atoms with Crippen molar-refractivity contribution in [3.05, 3.63) is 23.8 Å². The fraction of sp³-hybridized carbons (Fsp3) is 0.600. The third-order valence-corrected chi connectivity index (χ3v) is 4.65. The summed E-state index contributed by atoms with van der Waals surface area (Å²) in [5.41, 5.74) is 2.16. The lowest BCUT2D eigenvalue weighted by molar-refractivity contribution is 0.457. The summed E-state index contributed by atoms with van der Waals surface area (Å²) in [6, 6.07) is 7.04. The molecule has 2 aliphatic rings. The Hall–Kier alpha value is -1.22. The van der Waals surface area contributed by atoms with E-state index in [-0.39, 0.29) is 6.04 Å². The van der Waals surface area contributed by atoms with Crippen molar-refractivity contribution in [3.8, 4) is 5.75 Å². The zero-order valence-corrected chi connectivity index (χ0v) is 11.2. The molecule has 18 heavy (non-hydrogen) atoms. The molecule has 0 spiro atoms. The second kappa shape index (κ2) is 4.47. The molecule has 1 saturated heterocycles. The van der Waals surface area contributed by atoms with Gasteiger partial charge in [0.25, 0.3) is 0 Å². The molecule has 2 fully saturated rings. The van der Waals surface area contributed by atoms with Crippen molar-refractivity contribution in [2.45, 2.75) is 38.3 Å². The van der Waals surface area contributed by atoms with Crippen molar-refractivity contribution in [2.24, 2.45) is 5.92 Å². The minimum Gasteiger partial charge on any atom is -0.508 e. The quantitative estimate of drug-likeness (QED) is 0.860. The number of piperidine rings is 1. The van der Waals surface area contributed by atoms with Gasteiger partial charge >= 0.3 is 0 Å². The van der Waals surface area contributed by atoms with E-state index in [0.29, 0.717) is 11.8 Å². The normalized spacial score (nSPS) is 27.8. The number of nitrogens with one attached hydrogen (secondary N) is 1. The summed E-state index contributed by atoms with van der Waals surface area (Å²) >= 11 is 0. The van der Waals surface area contributed by atoms with Gasteiger partial charge in [0.05, 0.1) is 0 Å². The molecule has 1 aliphatic carbocycles. The van der Waals surface area contributed by atoms with Crippen molar-refractivity contribution >= 4 is 5.69 Å². The maximum atomic E-state index is 10.2. The zero-order valence-electron chi connectivity index (χ0n) is 11.2. The van der Waals surface area contributed by atoms with Crippen LogP contribution >= 0.6 is 0 Å². The number of hydrogen-bond acceptors (Lipinski definition) is 3. The van der Waals surface area contributed by atoms with Gasteiger partial charge in [-0.2, -0.15) is 0 Å². The number of benzene rings is 1. The van der Waals surface area contributed by atoms with Gasteiger partial charge < -0.3 is 15.3 Å². The van der Waals surface area contributed by atoms with Gasteiger partial charge in [0.2, 0.25) is 0 Å². The van der Waals surface area contributed by atoms with Crippen LogP contribution in [0, 0.1) is 5.92 Å². The van der Waals surface area contributed by atoms with Gasteiger partial charge in [0, 0.05) is 35.9 Å². The number of phenols is 1. The number of phenolic OH excluding ortho intramolecular Hbond substituents is 1. The maximum absolute atomic E-state index is 10.2. The lowest BCUT2D eigenvalue weighted by atomic mass is 10.0. The van der Waals surface area contributed by atoms with Crippen molar-refractivity contribution in [2.75, 3.05) is 18.5 Å². The summed E-state index contributed by atoms with van der Waals surface area (Å²) in [5.74, 6) is 1.30. The minimum absolute atomic E-state index is 0.189. The highest BCUT2D eigenvalue weighted by molar-refractivity contribution is 5.55. The van der Waals surface area contributed by atoms with E-state index in [2.05, 4.69) is 29.3 Å². The number of rotatable bonds is 3. The third kappa shape index (κ3) is 1.87. The van der Waals surface area contributed by atoms with Crippen LogP contribution in [0.2, 0.25) is 0 Å². The van der Waals surface area contributed by atoms with E-state index in [9.17, 15) is 5.11 Å². The molecule has 3 unspecified atom stereocenters. The Kier molecular flexibility index (Phi) is 2.94. The van der Waals surface area contributed by atoms with Crippen LogP contribution in [0.5, 0.6) is 5.75 Å². The summed E-state index contributed by atoms with van der Waals surface area (Å²) in [6.07, 6.45) is 4.05. The highest BCUT2D eigenvalue weighted by Crippen LogP contribution is 2.41. The van der Waals surface area contributed by atoms with E-state index in [1.165, 1.54) is 31.5 Å². The Balaban J connectivity index is 1.84. The van der Waals surface area contributed by atoms with Crippen LogP contribution in [-0.2, 0) is 0 Å².